The summed E-state index contributed by atoms with van der Waals surface area (Å²) < 4.78 is 0. The molecule has 2 rings (SSSR count). The molecular weight excluding hydrogens is 296 g/mol. The van der Waals surface area contributed by atoms with Crippen LogP contribution in [0.1, 0.15) is 25.0 Å². The minimum atomic E-state index is -0.552. The van der Waals surface area contributed by atoms with Crippen molar-refractivity contribution in [2.75, 3.05) is 6.54 Å². The summed E-state index contributed by atoms with van der Waals surface area (Å²) in [5, 5.41) is 4.84. The van der Waals surface area contributed by atoms with Crippen molar-refractivity contribution in [1.29, 1.82) is 0 Å². The van der Waals surface area contributed by atoms with E-state index in [1.54, 1.807) is 18.7 Å². The molecule has 0 saturated heterocycles. The number of benzene rings is 1. The van der Waals surface area contributed by atoms with Crippen molar-refractivity contribution < 1.29 is 14.4 Å². The van der Waals surface area contributed by atoms with Crippen LogP contribution in [0.3, 0.4) is 0 Å². The third kappa shape index (κ3) is 4.53. The van der Waals surface area contributed by atoms with E-state index < -0.39 is 23.9 Å². The molecule has 124 valence electrons. The highest BCUT2D eigenvalue weighted by Gasteiger charge is 2.31. The van der Waals surface area contributed by atoms with E-state index in [4.69, 9.17) is 5.73 Å². The van der Waals surface area contributed by atoms with Crippen LogP contribution in [0.2, 0.25) is 0 Å². The summed E-state index contributed by atoms with van der Waals surface area (Å²) >= 11 is 0. The Kier molecular flexibility index (Phi) is 5.33. The molecular formula is C16H22N4O3. The number of carbonyl (C=O) groups is 3. The molecule has 7 nitrogen and oxygen atoms in total. The van der Waals surface area contributed by atoms with Crippen molar-refractivity contribution in [3.8, 4) is 0 Å². The average molecular weight is 318 g/mol. The monoisotopic (exact) mass is 318 g/mol. The molecule has 1 aliphatic rings. The van der Waals surface area contributed by atoms with E-state index in [-0.39, 0.29) is 12.6 Å². The molecule has 0 fully saturated rings. The number of primary amides is 1. The molecule has 0 saturated carbocycles. The molecule has 1 aromatic rings. The van der Waals surface area contributed by atoms with E-state index in [2.05, 4.69) is 10.6 Å². The van der Waals surface area contributed by atoms with Crippen molar-refractivity contribution in [3.05, 3.63) is 35.4 Å². The molecule has 1 heterocycles. The van der Waals surface area contributed by atoms with Crippen LogP contribution in [0.15, 0.2) is 24.3 Å². The molecule has 7 heteroatoms. The van der Waals surface area contributed by atoms with Gasteiger partial charge in [0, 0.05) is 12.6 Å². The summed E-state index contributed by atoms with van der Waals surface area (Å²) in [7, 11) is 0. The van der Waals surface area contributed by atoms with E-state index >= 15 is 0 Å². The topological polar surface area (TPSA) is 105 Å². The predicted molar refractivity (Wildman–Crippen MR) is 85.3 cm³/mol. The minimum absolute atomic E-state index is 0.0620. The molecule has 0 bridgehead atoms. The number of nitrogens with two attached hydrogens (primary N) is 1. The van der Waals surface area contributed by atoms with Crippen LogP contribution in [0.25, 0.3) is 0 Å². The van der Waals surface area contributed by atoms with Gasteiger partial charge in [0.15, 0.2) is 0 Å². The van der Waals surface area contributed by atoms with E-state index in [1.807, 2.05) is 24.3 Å². The fraction of sp³-hybridized carbons (Fsp3) is 0.438. The van der Waals surface area contributed by atoms with Gasteiger partial charge in [-0.1, -0.05) is 24.3 Å². The highest BCUT2D eigenvalue weighted by atomic mass is 16.2. The van der Waals surface area contributed by atoms with E-state index in [0.717, 1.165) is 11.1 Å². The predicted octanol–water partition coefficient (Wildman–Crippen LogP) is 0.133. The molecule has 1 atom stereocenters. The second-order valence-electron chi connectivity index (χ2n) is 5.97. The molecule has 1 aliphatic heterocycles. The van der Waals surface area contributed by atoms with Crippen molar-refractivity contribution in [1.82, 2.24) is 15.5 Å². The van der Waals surface area contributed by atoms with Crippen LogP contribution >= 0.6 is 0 Å². The van der Waals surface area contributed by atoms with Gasteiger partial charge >= 0.3 is 6.03 Å². The molecule has 0 spiro atoms. The number of nitrogens with one attached hydrogen (secondary N) is 2. The van der Waals surface area contributed by atoms with Crippen LogP contribution < -0.4 is 16.4 Å². The number of urea groups is 1. The molecule has 0 unspecified atom stereocenters. The van der Waals surface area contributed by atoms with Gasteiger partial charge in [0.05, 0.1) is 12.6 Å². The van der Waals surface area contributed by atoms with Gasteiger partial charge in [-0.2, -0.15) is 0 Å². The van der Waals surface area contributed by atoms with Gasteiger partial charge in [-0.15, -0.1) is 0 Å². The summed E-state index contributed by atoms with van der Waals surface area (Å²) in [6.45, 7) is 3.99. The number of rotatable bonds is 4. The zero-order valence-electron chi connectivity index (χ0n) is 13.3. The van der Waals surface area contributed by atoms with Crippen molar-refractivity contribution in [3.63, 3.8) is 0 Å². The van der Waals surface area contributed by atoms with Crippen molar-refractivity contribution >= 4 is 17.8 Å². The van der Waals surface area contributed by atoms with Gasteiger partial charge in [0.25, 0.3) is 0 Å². The lowest BCUT2D eigenvalue weighted by molar-refractivity contribution is -0.127. The van der Waals surface area contributed by atoms with Crippen LogP contribution in [0, 0.1) is 0 Å². The first-order chi connectivity index (χ1) is 10.9. The number of hydrogen-bond donors (Lipinski definition) is 3. The molecule has 23 heavy (non-hydrogen) atoms. The lowest BCUT2D eigenvalue weighted by Crippen LogP contribution is -2.53. The van der Waals surface area contributed by atoms with Gasteiger partial charge in [0.2, 0.25) is 11.8 Å². The Morgan fingerprint density at radius 3 is 2.52 bits per heavy atom. The summed E-state index contributed by atoms with van der Waals surface area (Å²) in [5.74, 6) is -0.937. The maximum Gasteiger partial charge on any atom is 0.321 e. The van der Waals surface area contributed by atoms with Gasteiger partial charge in [-0.3, -0.25) is 19.8 Å². The highest BCUT2D eigenvalue weighted by molar-refractivity contribution is 5.95. The Morgan fingerprint density at radius 2 is 1.91 bits per heavy atom. The van der Waals surface area contributed by atoms with Gasteiger partial charge in [-0.05, 0) is 31.4 Å². The third-order valence-corrected chi connectivity index (χ3v) is 3.69. The quantitative estimate of drug-likeness (QED) is 0.734. The SMILES string of the molecule is CC(C)NC(=O)NC(=O)CN1Cc2ccccc2C[C@H]1C(N)=O. The van der Waals surface area contributed by atoms with Crippen molar-refractivity contribution in [2.24, 2.45) is 5.73 Å². The third-order valence-electron chi connectivity index (χ3n) is 3.69. The van der Waals surface area contributed by atoms with Crippen LogP contribution in [0.5, 0.6) is 0 Å². The number of fused-ring (bicyclic) bond motifs is 1. The Morgan fingerprint density at radius 1 is 1.26 bits per heavy atom. The maximum atomic E-state index is 12.0. The first-order valence-corrected chi connectivity index (χ1v) is 7.57. The first kappa shape index (κ1) is 17.0. The first-order valence-electron chi connectivity index (χ1n) is 7.57. The zero-order chi connectivity index (χ0) is 17.0. The van der Waals surface area contributed by atoms with Crippen LogP contribution in [-0.2, 0) is 22.6 Å². The number of imide groups is 1. The van der Waals surface area contributed by atoms with Gasteiger partial charge in [0.1, 0.15) is 0 Å². The van der Waals surface area contributed by atoms with Crippen molar-refractivity contribution in [2.45, 2.75) is 38.9 Å². The molecule has 1 aromatic carbocycles. The lowest BCUT2D eigenvalue weighted by atomic mass is 9.93. The smallest absolute Gasteiger partial charge is 0.321 e. The number of hydrogen-bond acceptors (Lipinski definition) is 4. The second kappa shape index (κ2) is 7.23. The lowest BCUT2D eigenvalue weighted by Gasteiger charge is -2.34. The number of nitrogens with zero attached hydrogens (tertiary/aromatic N) is 1. The molecule has 0 radical (unpaired) electrons. The fourth-order valence-electron chi connectivity index (χ4n) is 2.67. The molecule has 0 aromatic heterocycles. The van der Waals surface area contributed by atoms with E-state index in [9.17, 15) is 14.4 Å². The Balaban J connectivity index is 2.04. The number of amides is 4. The summed E-state index contributed by atoms with van der Waals surface area (Å²) in [6.07, 6.45) is 0.469. The van der Waals surface area contributed by atoms with Crippen LogP contribution in [0.4, 0.5) is 4.79 Å². The van der Waals surface area contributed by atoms with Gasteiger partial charge < -0.3 is 11.1 Å². The fourth-order valence-corrected chi connectivity index (χ4v) is 2.67. The van der Waals surface area contributed by atoms with E-state index in [0.29, 0.717) is 13.0 Å². The second-order valence-corrected chi connectivity index (χ2v) is 5.97. The molecule has 4 amide bonds. The largest absolute Gasteiger partial charge is 0.368 e. The highest BCUT2D eigenvalue weighted by Crippen LogP contribution is 2.22. The zero-order valence-corrected chi connectivity index (χ0v) is 13.3. The van der Waals surface area contributed by atoms with Crippen LogP contribution in [-0.4, -0.2) is 41.4 Å². The average Bonchev–Trinajstić information content (AvgIpc) is 2.45. The molecule has 0 aliphatic carbocycles. The normalized spacial score (nSPS) is 17.4. The number of carbonyl (C=O) groups excluding carboxylic acids is 3. The summed E-state index contributed by atoms with van der Waals surface area (Å²) in [6, 6.07) is 6.58. The standard InChI is InChI=1S/C16H22N4O3/c1-10(2)18-16(23)19-14(21)9-20-8-12-6-4-3-5-11(12)7-13(20)15(17)22/h3-6,10,13H,7-9H2,1-2H3,(H2,17,22)(H2,18,19,21,23)/t13-/m0/s1. The Labute approximate surface area is 135 Å². The minimum Gasteiger partial charge on any atom is -0.368 e. The maximum absolute atomic E-state index is 12.0. The summed E-state index contributed by atoms with van der Waals surface area (Å²) in [4.78, 5) is 37.0. The Bertz CT molecular complexity index is 615. The molecule has 4 N–H and O–H groups in total. The van der Waals surface area contributed by atoms with E-state index in [1.165, 1.54) is 0 Å². The van der Waals surface area contributed by atoms with Gasteiger partial charge in [-0.25, -0.2) is 4.79 Å². The Hall–Kier alpha value is -2.41. The summed E-state index contributed by atoms with van der Waals surface area (Å²) in [5.41, 5.74) is 7.59.